The van der Waals surface area contributed by atoms with E-state index in [4.69, 9.17) is 5.73 Å². The highest BCUT2D eigenvalue weighted by molar-refractivity contribution is 5.79. The van der Waals surface area contributed by atoms with Crippen LogP contribution in [0.25, 0.3) is 0 Å². The van der Waals surface area contributed by atoms with Crippen molar-refractivity contribution in [3.05, 3.63) is 0 Å². The summed E-state index contributed by atoms with van der Waals surface area (Å²) in [6, 6.07) is 0.421. The summed E-state index contributed by atoms with van der Waals surface area (Å²) < 4.78 is 0. The molecule has 1 amide bonds. The second-order valence-electron chi connectivity index (χ2n) is 5.40. The van der Waals surface area contributed by atoms with Crippen molar-refractivity contribution >= 4 is 5.91 Å². The second-order valence-corrected chi connectivity index (χ2v) is 5.40. The Morgan fingerprint density at radius 3 is 2.25 bits per heavy atom. The van der Waals surface area contributed by atoms with Gasteiger partial charge < -0.3 is 11.1 Å². The first-order chi connectivity index (χ1) is 7.77. The number of hydrogen-bond acceptors (Lipinski definition) is 2. The molecule has 0 heterocycles. The van der Waals surface area contributed by atoms with Crippen molar-refractivity contribution in [1.82, 2.24) is 5.32 Å². The van der Waals surface area contributed by atoms with E-state index in [1.54, 1.807) is 0 Å². The van der Waals surface area contributed by atoms with Gasteiger partial charge in [-0.25, -0.2) is 0 Å². The van der Waals surface area contributed by atoms with Gasteiger partial charge in [0.1, 0.15) is 0 Å². The predicted octanol–water partition coefficient (Wildman–Crippen LogP) is 1.95. The highest BCUT2D eigenvalue weighted by atomic mass is 16.1. The second kappa shape index (κ2) is 5.67. The lowest BCUT2D eigenvalue weighted by molar-refractivity contribution is -0.127. The fourth-order valence-electron chi connectivity index (χ4n) is 3.00. The quantitative estimate of drug-likeness (QED) is 0.753. The lowest BCUT2D eigenvalue weighted by Gasteiger charge is -2.31. The normalized spacial score (nSPS) is 32.3. The first-order valence-corrected chi connectivity index (χ1v) is 6.83. The number of carbonyl (C=O) groups is 1. The molecule has 2 atom stereocenters. The van der Waals surface area contributed by atoms with Crippen molar-refractivity contribution in [3.63, 3.8) is 0 Å². The molecule has 0 spiro atoms. The average molecular weight is 224 g/mol. The van der Waals surface area contributed by atoms with Gasteiger partial charge >= 0.3 is 0 Å². The van der Waals surface area contributed by atoms with Crippen LogP contribution in [0.2, 0.25) is 0 Å². The van der Waals surface area contributed by atoms with Crippen LogP contribution >= 0.6 is 0 Å². The molecule has 0 saturated heterocycles. The number of rotatable bonds is 2. The van der Waals surface area contributed by atoms with Gasteiger partial charge in [0.25, 0.3) is 0 Å². The van der Waals surface area contributed by atoms with Gasteiger partial charge in [-0.05, 0) is 25.7 Å². The Kier molecular flexibility index (Phi) is 4.22. The van der Waals surface area contributed by atoms with Crippen LogP contribution in [0, 0.1) is 5.92 Å². The largest absolute Gasteiger partial charge is 0.352 e. The van der Waals surface area contributed by atoms with Crippen molar-refractivity contribution in [1.29, 1.82) is 0 Å². The van der Waals surface area contributed by atoms with E-state index in [1.165, 1.54) is 32.1 Å². The van der Waals surface area contributed by atoms with Crippen molar-refractivity contribution in [3.8, 4) is 0 Å². The zero-order valence-corrected chi connectivity index (χ0v) is 10.1. The van der Waals surface area contributed by atoms with E-state index in [1.807, 2.05) is 0 Å². The molecule has 0 aromatic heterocycles. The number of hydrogen-bond donors (Lipinski definition) is 2. The van der Waals surface area contributed by atoms with Gasteiger partial charge in [-0.3, -0.25) is 4.79 Å². The fraction of sp³-hybridized carbons (Fsp3) is 0.923. The van der Waals surface area contributed by atoms with E-state index < -0.39 is 0 Å². The van der Waals surface area contributed by atoms with Crippen molar-refractivity contribution in [2.75, 3.05) is 0 Å². The van der Waals surface area contributed by atoms with Crippen LogP contribution < -0.4 is 11.1 Å². The third-order valence-corrected chi connectivity index (χ3v) is 4.12. The molecular formula is C13H24N2O. The van der Waals surface area contributed by atoms with Gasteiger partial charge in [-0.1, -0.05) is 32.1 Å². The molecule has 2 aliphatic rings. The van der Waals surface area contributed by atoms with Gasteiger partial charge in [0.15, 0.2) is 0 Å². The Hall–Kier alpha value is -0.570. The maximum Gasteiger partial charge on any atom is 0.223 e. The Morgan fingerprint density at radius 2 is 1.56 bits per heavy atom. The van der Waals surface area contributed by atoms with Crippen LogP contribution in [0.5, 0.6) is 0 Å². The van der Waals surface area contributed by atoms with Gasteiger partial charge in [0.2, 0.25) is 5.91 Å². The van der Waals surface area contributed by atoms with Crippen LogP contribution in [-0.2, 0) is 4.79 Å². The number of nitrogens with one attached hydrogen (secondary N) is 1. The Balaban J connectivity index is 1.80. The maximum absolute atomic E-state index is 12.0. The smallest absolute Gasteiger partial charge is 0.223 e. The highest BCUT2D eigenvalue weighted by Crippen LogP contribution is 2.24. The lowest BCUT2D eigenvalue weighted by atomic mass is 9.87. The van der Waals surface area contributed by atoms with Crippen LogP contribution in [0.3, 0.4) is 0 Å². The summed E-state index contributed by atoms with van der Waals surface area (Å²) in [4.78, 5) is 12.0. The molecule has 2 fully saturated rings. The van der Waals surface area contributed by atoms with Gasteiger partial charge in [0.05, 0.1) is 0 Å². The van der Waals surface area contributed by atoms with Gasteiger partial charge in [-0.15, -0.1) is 0 Å². The van der Waals surface area contributed by atoms with Gasteiger partial charge in [-0.2, -0.15) is 0 Å². The van der Waals surface area contributed by atoms with Crippen LogP contribution in [-0.4, -0.2) is 18.0 Å². The Morgan fingerprint density at radius 1 is 0.938 bits per heavy atom. The molecule has 0 aromatic carbocycles. The van der Waals surface area contributed by atoms with E-state index in [9.17, 15) is 4.79 Å². The first kappa shape index (κ1) is 11.9. The number of nitrogens with two attached hydrogens (primary N) is 1. The summed E-state index contributed by atoms with van der Waals surface area (Å²) in [6.07, 6.45) is 10.5. The Bertz CT molecular complexity index is 236. The lowest BCUT2D eigenvalue weighted by Crippen LogP contribution is -2.50. The average Bonchev–Trinajstić information content (AvgIpc) is 2.33. The molecule has 2 aliphatic carbocycles. The zero-order chi connectivity index (χ0) is 11.4. The van der Waals surface area contributed by atoms with Crippen LogP contribution in [0.1, 0.15) is 57.8 Å². The standard InChI is InChI=1S/C13H24N2O/c14-11-8-4-5-9-12(11)15-13(16)10-6-2-1-3-7-10/h10-12H,1-9,14H2,(H,15,16). The summed E-state index contributed by atoms with van der Waals surface area (Å²) >= 11 is 0. The SMILES string of the molecule is NC1CCCCC1NC(=O)C1CCCCC1. The molecular weight excluding hydrogens is 200 g/mol. The maximum atomic E-state index is 12.0. The van der Waals surface area contributed by atoms with Crippen molar-refractivity contribution in [2.45, 2.75) is 69.9 Å². The summed E-state index contributed by atoms with van der Waals surface area (Å²) in [5.41, 5.74) is 6.04. The molecule has 3 heteroatoms. The number of amides is 1. The molecule has 2 rings (SSSR count). The minimum atomic E-state index is 0.182. The summed E-state index contributed by atoms with van der Waals surface area (Å²) in [5.74, 6) is 0.532. The molecule has 2 saturated carbocycles. The Labute approximate surface area is 98.2 Å². The molecule has 3 nitrogen and oxygen atoms in total. The predicted molar refractivity (Wildman–Crippen MR) is 64.9 cm³/mol. The van der Waals surface area contributed by atoms with Crippen LogP contribution in [0.15, 0.2) is 0 Å². The molecule has 0 aromatic rings. The topological polar surface area (TPSA) is 55.1 Å². The fourth-order valence-corrected chi connectivity index (χ4v) is 3.00. The van der Waals surface area contributed by atoms with Crippen LogP contribution in [0.4, 0.5) is 0 Å². The van der Waals surface area contributed by atoms with Gasteiger partial charge in [0, 0.05) is 18.0 Å². The molecule has 16 heavy (non-hydrogen) atoms. The first-order valence-electron chi connectivity index (χ1n) is 6.83. The summed E-state index contributed by atoms with van der Waals surface area (Å²) in [6.45, 7) is 0. The van der Waals surface area contributed by atoms with E-state index in [2.05, 4.69) is 5.32 Å². The van der Waals surface area contributed by atoms with E-state index in [0.29, 0.717) is 0 Å². The summed E-state index contributed by atoms with van der Waals surface area (Å²) in [5, 5.41) is 3.17. The molecule has 2 unspecified atom stereocenters. The van der Waals surface area contributed by atoms with E-state index in [0.717, 1.165) is 25.7 Å². The molecule has 0 bridgehead atoms. The minimum Gasteiger partial charge on any atom is -0.352 e. The molecule has 0 radical (unpaired) electrons. The van der Waals surface area contributed by atoms with Crippen molar-refractivity contribution in [2.24, 2.45) is 11.7 Å². The summed E-state index contributed by atoms with van der Waals surface area (Å²) in [7, 11) is 0. The zero-order valence-electron chi connectivity index (χ0n) is 10.1. The third-order valence-electron chi connectivity index (χ3n) is 4.12. The molecule has 92 valence electrons. The number of carbonyl (C=O) groups excluding carboxylic acids is 1. The highest BCUT2D eigenvalue weighted by Gasteiger charge is 2.27. The monoisotopic (exact) mass is 224 g/mol. The minimum absolute atomic E-state index is 0.182. The van der Waals surface area contributed by atoms with E-state index in [-0.39, 0.29) is 23.9 Å². The molecule has 0 aliphatic heterocycles. The van der Waals surface area contributed by atoms with Crippen molar-refractivity contribution < 1.29 is 4.79 Å². The van der Waals surface area contributed by atoms with E-state index >= 15 is 0 Å². The molecule has 3 N–H and O–H groups in total. The third kappa shape index (κ3) is 2.97.